The zero-order valence-corrected chi connectivity index (χ0v) is 11.4. The minimum Gasteiger partial charge on any atom is -0.378 e. The molecule has 1 aliphatic rings. The van der Waals surface area contributed by atoms with Gasteiger partial charge in [0.1, 0.15) is 0 Å². The molecule has 0 bridgehead atoms. The zero-order valence-electron chi connectivity index (χ0n) is 10.5. The van der Waals surface area contributed by atoms with Gasteiger partial charge in [-0.15, -0.1) is 0 Å². The van der Waals surface area contributed by atoms with Crippen LogP contribution < -0.4 is 0 Å². The van der Waals surface area contributed by atoms with Crippen LogP contribution >= 0.6 is 12.6 Å². The first-order valence-electron chi connectivity index (χ1n) is 6.30. The normalized spacial score (nSPS) is 28.0. The number of rotatable bonds is 5. The zero-order chi connectivity index (χ0) is 11.3. The van der Waals surface area contributed by atoms with Gasteiger partial charge in [-0.25, -0.2) is 0 Å². The maximum absolute atomic E-state index is 6.02. The first-order valence-corrected chi connectivity index (χ1v) is 6.93. The Hall–Kier alpha value is 0.310. The van der Waals surface area contributed by atoms with Gasteiger partial charge >= 0.3 is 0 Å². The van der Waals surface area contributed by atoms with E-state index in [2.05, 4.69) is 33.4 Å². The van der Waals surface area contributed by atoms with E-state index in [4.69, 9.17) is 4.74 Å². The van der Waals surface area contributed by atoms with E-state index in [1.165, 1.54) is 32.1 Å². The maximum Gasteiger partial charge on any atom is 0.0578 e. The van der Waals surface area contributed by atoms with Gasteiger partial charge in [-0.1, -0.05) is 40.0 Å². The first-order chi connectivity index (χ1) is 7.07. The maximum atomic E-state index is 6.02. The molecule has 1 aliphatic carbocycles. The van der Waals surface area contributed by atoms with Crippen LogP contribution in [0.5, 0.6) is 0 Å². The summed E-state index contributed by atoms with van der Waals surface area (Å²) in [5.41, 5.74) is 0.224. The van der Waals surface area contributed by atoms with E-state index in [9.17, 15) is 0 Å². The smallest absolute Gasteiger partial charge is 0.0578 e. The molecule has 15 heavy (non-hydrogen) atoms. The molecule has 0 saturated heterocycles. The van der Waals surface area contributed by atoms with E-state index in [0.29, 0.717) is 6.10 Å². The Morgan fingerprint density at radius 1 is 1.33 bits per heavy atom. The lowest BCUT2D eigenvalue weighted by atomic mass is 9.85. The molecule has 90 valence electrons. The van der Waals surface area contributed by atoms with Gasteiger partial charge in [0.15, 0.2) is 0 Å². The van der Waals surface area contributed by atoms with Gasteiger partial charge in [0.05, 0.1) is 12.7 Å². The highest BCUT2D eigenvalue weighted by Gasteiger charge is 2.24. The largest absolute Gasteiger partial charge is 0.378 e. The monoisotopic (exact) mass is 230 g/mol. The van der Waals surface area contributed by atoms with Crippen LogP contribution in [0.3, 0.4) is 0 Å². The van der Waals surface area contributed by atoms with Crippen molar-refractivity contribution < 1.29 is 4.74 Å². The average molecular weight is 230 g/mol. The molecule has 0 aliphatic heterocycles. The van der Waals surface area contributed by atoms with Crippen molar-refractivity contribution in [1.29, 1.82) is 0 Å². The van der Waals surface area contributed by atoms with E-state index in [0.717, 1.165) is 18.3 Å². The van der Waals surface area contributed by atoms with Gasteiger partial charge in [-0.05, 0) is 29.9 Å². The second-order valence-corrected chi connectivity index (χ2v) is 6.01. The lowest BCUT2D eigenvalue weighted by Crippen LogP contribution is -2.29. The fraction of sp³-hybridized carbons (Fsp3) is 1.00. The summed E-state index contributed by atoms with van der Waals surface area (Å²) in [6, 6.07) is 0. The molecule has 1 fully saturated rings. The van der Waals surface area contributed by atoms with Gasteiger partial charge in [0.2, 0.25) is 0 Å². The third kappa shape index (κ3) is 4.78. The second-order valence-electron chi connectivity index (χ2n) is 5.70. The van der Waals surface area contributed by atoms with E-state index >= 15 is 0 Å². The van der Waals surface area contributed by atoms with Crippen LogP contribution in [-0.2, 0) is 4.74 Å². The minimum absolute atomic E-state index is 0.224. The van der Waals surface area contributed by atoms with Crippen LogP contribution in [0, 0.1) is 11.3 Å². The van der Waals surface area contributed by atoms with Crippen molar-refractivity contribution in [3.63, 3.8) is 0 Å². The molecule has 0 aromatic rings. The summed E-state index contributed by atoms with van der Waals surface area (Å²) in [4.78, 5) is 0. The quantitative estimate of drug-likeness (QED) is 0.704. The van der Waals surface area contributed by atoms with Crippen molar-refractivity contribution in [1.82, 2.24) is 0 Å². The van der Waals surface area contributed by atoms with Crippen LogP contribution in [0.2, 0.25) is 0 Å². The molecule has 0 spiro atoms. The Kier molecular flexibility index (Phi) is 5.48. The molecule has 2 unspecified atom stereocenters. The number of thiol groups is 1. The third-order valence-corrected chi connectivity index (χ3v) is 4.31. The van der Waals surface area contributed by atoms with E-state index < -0.39 is 0 Å². The van der Waals surface area contributed by atoms with Crippen molar-refractivity contribution in [3.8, 4) is 0 Å². The Bertz CT molecular complexity index is 179. The molecule has 0 aromatic heterocycles. The molecule has 0 radical (unpaired) electrons. The summed E-state index contributed by atoms with van der Waals surface area (Å²) in [6.45, 7) is 7.60. The van der Waals surface area contributed by atoms with Gasteiger partial charge in [0, 0.05) is 0 Å². The molecular formula is C13H26OS. The second kappa shape index (κ2) is 6.15. The molecule has 0 heterocycles. The van der Waals surface area contributed by atoms with Crippen molar-refractivity contribution in [2.45, 2.75) is 59.0 Å². The molecule has 0 amide bonds. The van der Waals surface area contributed by atoms with Crippen molar-refractivity contribution in [2.24, 2.45) is 11.3 Å². The summed E-state index contributed by atoms with van der Waals surface area (Å²) in [5, 5.41) is 0. The van der Waals surface area contributed by atoms with Crippen LogP contribution in [0.4, 0.5) is 0 Å². The predicted molar refractivity (Wildman–Crippen MR) is 69.6 cm³/mol. The highest BCUT2D eigenvalue weighted by Crippen LogP contribution is 2.29. The molecule has 0 N–H and O–H groups in total. The van der Waals surface area contributed by atoms with Crippen LogP contribution in [-0.4, -0.2) is 18.5 Å². The Morgan fingerprint density at radius 3 is 2.67 bits per heavy atom. The molecule has 1 saturated carbocycles. The van der Waals surface area contributed by atoms with E-state index in [-0.39, 0.29) is 5.41 Å². The van der Waals surface area contributed by atoms with E-state index in [1.807, 2.05) is 0 Å². The molecule has 2 heteroatoms. The van der Waals surface area contributed by atoms with Gasteiger partial charge in [0.25, 0.3) is 0 Å². The van der Waals surface area contributed by atoms with Gasteiger partial charge in [-0.2, -0.15) is 12.6 Å². The Morgan fingerprint density at radius 2 is 2.07 bits per heavy atom. The van der Waals surface area contributed by atoms with Crippen LogP contribution in [0.1, 0.15) is 52.9 Å². The standard InChI is InChI=1S/C13H26OS/c1-4-11-6-5-7-12(8-11)14-9-13(2,3)10-15/h11-12,15H,4-10H2,1-3H3. The first kappa shape index (κ1) is 13.4. The summed E-state index contributed by atoms with van der Waals surface area (Å²) in [5.74, 6) is 1.81. The molecule has 2 atom stereocenters. The summed E-state index contributed by atoms with van der Waals surface area (Å²) in [6.07, 6.45) is 7.13. The summed E-state index contributed by atoms with van der Waals surface area (Å²) >= 11 is 4.36. The molecule has 1 rings (SSSR count). The highest BCUT2D eigenvalue weighted by molar-refractivity contribution is 7.80. The lowest BCUT2D eigenvalue weighted by molar-refractivity contribution is -0.0200. The van der Waals surface area contributed by atoms with Gasteiger partial charge < -0.3 is 4.74 Å². The summed E-state index contributed by atoms with van der Waals surface area (Å²) in [7, 11) is 0. The fourth-order valence-electron chi connectivity index (χ4n) is 2.15. The predicted octanol–water partition coefficient (Wildman–Crippen LogP) is 3.93. The minimum atomic E-state index is 0.224. The Labute approximate surface area is 100 Å². The van der Waals surface area contributed by atoms with Crippen molar-refractivity contribution >= 4 is 12.6 Å². The third-order valence-electron chi connectivity index (χ3n) is 3.45. The van der Waals surface area contributed by atoms with Crippen LogP contribution in [0.15, 0.2) is 0 Å². The summed E-state index contributed by atoms with van der Waals surface area (Å²) < 4.78 is 6.02. The van der Waals surface area contributed by atoms with Crippen molar-refractivity contribution in [2.75, 3.05) is 12.4 Å². The van der Waals surface area contributed by atoms with Gasteiger partial charge in [-0.3, -0.25) is 0 Å². The SMILES string of the molecule is CCC1CCCC(OCC(C)(C)CS)C1. The lowest BCUT2D eigenvalue weighted by Gasteiger charge is -2.31. The molecule has 0 aromatic carbocycles. The number of ether oxygens (including phenoxy) is 1. The topological polar surface area (TPSA) is 9.23 Å². The highest BCUT2D eigenvalue weighted by atomic mass is 32.1. The number of hydrogen-bond acceptors (Lipinski definition) is 2. The average Bonchev–Trinajstić information content (AvgIpc) is 2.27. The molecule has 1 nitrogen and oxygen atoms in total. The Balaban J connectivity index is 2.26. The molecular weight excluding hydrogens is 204 g/mol. The number of hydrogen-bond donors (Lipinski definition) is 1. The van der Waals surface area contributed by atoms with Crippen molar-refractivity contribution in [3.05, 3.63) is 0 Å². The van der Waals surface area contributed by atoms with E-state index in [1.54, 1.807) is 0 Å². The van der Waals surface area contributed by atoms with Crippen LogP contribution in [0.25, 0.3) is 0 Å². The fourth-order valence-corrected chi connectivity index (χ4v) is 2.24.